The minimum Gasteiger partial charge on any atom is -0.506 e. The average molecular weight is 284 g/mol. The number of anilines is 1. The number of hydrogen-bond donors (Lipinski definition) is 2. The first-order valence-electron chi connectivity index (χ1n) is 6.99. The van der Waals surface area contributed by atoms with Crippen LogP contribution in [0.25, 0.3) is 0 Å². The highest BCUT2D eigenvalue weighted by Crippen LogP contribution is 2.27. The molecule has 0 bridgehead atoms. The van der Waals surface area contributed by atoms with E-state index in [1.807, 2.05) is 44.2 Å². The number of nitrogens with one attached hydrogen (secondary N) is 1. The van der Waals surface area contributed by atoms with E-state index in [0.29, 0.717) is 24.4 Å². The minimum absolute atomic E-state index is 0.0704. The Bertz CT molecular complexity index is 652. The van der Waals surface area contributed by atoms with Gasteiger partial charge in [-0.25, -0.2) is 4.98 Å². The lowest BCUT2D eigenvalue weighted by Gasteiger charge is -2.12. The number of pyridine rings is 1. The molecule has 0 saturated heterocycles. The van der Waals surface area contributed by atoms with Gasteiger partial charge in [-0.3, -0.25) is 4.79 Å². The molecule has 2 N–H and O–H groups in total. The van der Waals surface area contributed by atoms with Crippen LogP contribution in [0.1, 0.15) is 28.8 Å². The quantitative estimate of drug-likeness (QED) is 0.905. The molecule has 0 unspecified atom stereocenters. The Kier molecular flexibility index (Phi) is 4.58. The zero-order valence-electron chi connectivity index (χ0n) is 12.6. The minimum atomic E-state index is -0.0704. The Morgan fingerprint density at radius 2 is 1.81 bits per heavy atom. The molecular weight excluding hydrogens is 264 g/mol. The van der Waals surface area contributed by atoms with Crippen molar-refractivity contribution in [1.82, 2.24) is 4.98 Å². The van der Waals surface area contributed by atoms with Crippen molar-refractivity contribution in [2.24, 2.45) is 0 Å². The monoisotopic (exact) mass is 284 g/mol. The lowest BCUT2D eigenvalue weighted by molar-refractivity contribution is -0.116. The molecule has 1 aromatic carbocycles. The average Bonchev–Trinajstić information content (AvgIpc) is 2.49. The summed E-state index contributed by atoms with van der Waals surface area (Å²) in [6.07, 6.45) is 1.10. The van der Waals surface area contributed by atoms with Gasteiger partial charge in [0.2, 0.25) is 5.91 Å². The lowest BCUT2D eigenvalue weighted by Crippen LogP contribution is -2.15. The molecule has 0 saturated carbocycles. The van der Waals surface area contributed by atoms with E-state index >= 15 is 0 Å². The van der Waals surface area contributed by atoms with E-state index < -0.39 is 0 Å². The van der Waals surface area contributed by atoms with Crippen LogP contribution in [0.5, 0.6) is 5.75 Å². The molecule has 0 aliphatic carbocycles. The van der Waals surface area contributed by atoms with E-state index in [4.69, 9.17) is 0 Å². The van der Waals surface area contributed by atoms with Crippen LogP contribution >= 0.6 is 0 Å². The van der Waals surface area contributed by atoms with E-state index in [1.165, 1.54) is 0 Å². The Labute approximate surface area is 124 Å². The van der Waals surface area contributed by atoms with Gasteiger partial charge in [-0.05, 0) is 43.9 Å². The van der Waals surface area contributed by atoms with E-state index in [9.17, 15) is 9.90 Å². The van der Waals surface area contributed by atoms with Crippen molar-refractivity contribution in [3.05, 3.63) is 52.7 Å². The largest absolute Gasteiger partial charge is 0.506 e. The van der Waals surface area contributed by atoms with Gasteiger partial charge in [0.1, 0.15) is 11.6 Å². The Morgan fingerprint density at radius 1 is 1.14 bits per heavy atom. The molecule has 0 radical (unpaired) electrons. The van der Waals surface area contributed by atoms with Gasteiger partial charge in [0.05, 0.1) is 5.69 Å². The van der Waals surface area contributed by atoms with Crippen LogP contribution in [0.2, 0.25) is 0 Å². The summed E-state index contributed by atoms with van der Waals surface area (Å²) in [4.78, 5) is 16.3. The zero-order chi connectivity index (χ0) is 15.4. The van der Waals surface area contributed by atoms with Gasteiger partial charge in [0, 0.05) is 6.42 Å². The number of carbonyl (C=O) groups is 1. The molecule has 0 aliphatic heterocycles. The topological polar surface area (TPSA) is 62.2 Å². The first-order chi connectivity index (χ1) is 9.99. The van der Waals surface area contributed by atoms with Gasteiger partial charge in [-0.1, -0.05) is 30.3 Å². The Hall–Kier alpha value is -2.36. The molecule has 0 atom stereocenters. The molecule has 0 aliphatic rings. The van der Waals surface area contributed by atoms with E-state index in [2.05, 4.69) is 10.3 Å². The van der Waals surface area contributed by atoms with Crippen LogP contribution in [0.3, 0.4) is 0 Å². The second-order valence-electron chi connectivity index (χ2n) is 5.18. The van der Waals surface area contributed by atoms with Crippen LogP contribution in [0.4, 0.5) is 5.82 Å². The van der Waals surface area contributed by atoms with Crippen molar-refractivity contribution in [3.63, 3.8) is 0 Å². The SMILES string of the molecule is Cc1nc(NC(=O)CCc2ccccc2)c(C)c(C)c1O. The fraction of sp³-hybridized carbons (Fsp3) is 0.294. The van der Waals surface area contributed by atoms with Crippen molar-refractivity contribution >= 4 is 11.7 Å². The lowest BCUT2D eigenvalue weighted by atomic mass is 10.1. The van der Waals surface area contributed by atoms with Gasteiger partial charge < -0.3 is 10.4 Å². The molecule has 0 fully saturated rings. The fourth-order valence-electron chi connectivity index (χ4n) is 2.15. The number of hydrogen-bond acceptors (Lipinski definition) is 3. The van der Waals surface area contributed by atoms with Crippen molar-refractivity contribution in [3.8, 4) is 5.75 Å². The highest BCUT2D eigenvalue weighted by atomic mass is 16.3. The summed E-state index contributed by atoms with van der Waals surface area (Å²) < 4.78 is 0. The maximum Gasteiger partial charge on any atom is 0.225 e. The third-order valence-electron chi connectivity index (χ3n) is 3.64. The van der Waals surface area contributed by atoms with Crippen molar-refractivity contribution in [2.45, 2.75) is 33.6 Å². The molecule has 0 spiro atoms. The van der Waals surface area contributed by atoms with Gasteiger partial charge in [0.25, 0.3) is 0 Å². The number of aromatic nitrogens is 1. The molecule has 1 aromatic heterocycles. The number of amides is 1. The first-order valence-corrected chi connectivity index (χ1v) is 6.99. The van der Waals surface area contributed by atoms with Gasteiger partial charge in [-0.2, -0.15) is 0 Å². The van der Waals surface area contributed by atoms with Crippen LogP contribution < -0.4 is 5.32 Å². The van der Waals surface area contributed by atoms with Crippen LogP contribution in [0.15, 0.2) is 30.3 Å². The normalized spacial score (nSPS) is 10.4. The molecule has 4 nitrogen and oxygen atoms in total. The number of aryl methyl sites for hydroxylation is 2. The zero-order valence-corrected chi connectivity index (χ0v) is 12.6. The van der Waals surface area contributed by atoms with Gasteiger partial charge in [-0.15, -0.1) is 0 Å². The second-order valence-corrected chi connectivity index (χ2v) is 5.18. The number of aromatic hydroxyl groups is 1. The molecule has 1 amide bonds. The molecule has 110 valence electrons. The molecular formula is C17H20N2O2. The van der Waals surface area contributed by atoms with E-state index in [-0.39, 0.29) is 11.7 Å². The molecule has 4 heteroatoms. The summed E-state index contributed by atoms with van der Waals surface area (Å²) in [7, 11) is 0. The highest BCUT2D eigenvalue weighted by Gasteiger charge is 2.13. The predicted molar refractivity (Wildman–Crippen MR) is 83.5 cm³/mol. The summed E-state index contributed by atoms with van der Waals surface area (Å²) in [5.74, 6) is 0.648. The fourth-order valence-corrected chi connectivity index (χ4v) is 2.15. The van der Waals surface area contributed by atoms with E-state index in [0.717, 1.165) is 16.7 Å². The van der Waals surface area contributed by atoms with E-state index in [1.54, 1.807) is 6.92 Å². The number of rotatable bonds is 4. The Morgan fingerprint density at radius 3 is 2.48 bits per heavy atom. The number of benzene rings is 1. The van der Waals surface area contributed by atoms with Crippen molar-refractivity contribution in [2.75, 3.05) is 5.32 Å². The molecule has 2 rings (SSSR count). The van der Waals surface area contributed by atoms with Crippen LogP contribution in [-0.4, -0.2) is 16.0 Å². The maximum atomic E-state index is 12.0. The summed E-state index contributed by atoms with van der Waals surface area (Å²) in [6.45, 7) is 5.38. The van der Waals surface area contributed by atoms with Gasteiger partial charge in [0.15, 0.2) is 0 Å². The highest BCUT2D eigenvalue weighted by molar-refractivity contribution is 5.90. The predicted octanol–water partition coefficient (Wildman–Crippen LogP) is 3.28. The second kappa shape index (κ2) is 6.39. The summed E-state index contributed by atoms with van der Waals surface area (Å²) in [5.41, 5.74) is 3.21. The van der Waals surface area contributed by atoms with Crippen molar-refractivity contribution < 1.29 is 9.90 Å². The number of nitrogens with zero attached hydrogens (tertiary/aromatic N) is 1. The maximum absolute atomic E-state index is 12.0. The number of carbonyl (C=O) groups excluding carboxylic acids is 1. The summed E-state index contributed by atoms with van der Waals surface area (Å²) in [5, 5.41) is 12.7. The third-order valence-corrected chi connectivity index (χ3v) is 3.64. The van der Waals surface area contributed by atoms with Crippen LogP contribution in [-0.2, 0) is 11.2 Å². The Balaban J connectivity index is 2.03. The van der Waals surface area contributed by atoms with Gasteiger partial charge >= 0.3 is 0 Å². The standard InChI is InChI=1S/C17H20N2O2/c1-11-12(2)17(18-13(3)16(11)21)19-15(20)10-9-14-7-5-4-6-8-14/h4-8,21H,9-10H2,1-3H3,(H,18,19,20). The molecule has 2 aromatic rings. The van der Waals surface area contributed by atoms with Crippen molar-refractivity contribution in [1.29, 1.82) is 0 Å². The first kappa shape index (κ1) is 15.0. The summed E-state index contributed by atoms with van der Waals surface area (Å²) >= 11 is 0. The smallest absolute Gasteiger partial charge is 0.225 e. The third kappa shape index (κ3) is 3.60. The molecule has 21 heavy (non-hydrogen) atoms. The van der Waals surface area contributed by atoms with Crippen LogP contribution in [0, 0.1) is 20.8 Å². The molecule has 1 heterocycles. The summed E-state index contributed by atoms with van der Waals surface area (Å²) in [6, 6.07) is 9.90.